The quantitative estimate of drug-likeness (QED) is 0.582. The van der Waals surface area contributed by atoms with E-state index in [1.54, 1.807) is 0 Å². The van der Waals surface area contributed by atoms with E-state index in [0.717, 1.165) is 0 Å². The van der Waals surface area contributed by atoms with E-state index in [1.165, 1.54) is 12.4 Å². The number of fused-ring (bicyclic) bond motifs is 1. The summed E-state index contributed by atoms with van der Waals surface area (Å²) in [6.07, 6.45) is 1.50. The molecule has 5 heteroatoms. The highest BCUT2D eigenvalue weighted by atomic mass is 15.0. The van der Waals surface area contributed by atoms with E-state index in [9.17, 15) is 0 Å². The molecule has 0 aliphatic rings. The number of nitrogens with zero attached hydrogens (tertiary/aromatic N) is 3. The van der Waals surface area contributed by atoms with Gasteiger partial charge >= 0.3 is 0 Å². The zero-order valence-corrected chi connectivity index (χ0v) is 6.07. The predicted octanol–water partition coefficient (Wildman–Crippen LogP) is 0.412. The van der Waals surface area contributed by atoms with Crippen LogP contribution >= 0.6 is 0 Å². The van der Waals surface area contributed by atoms with Gasteiger partial charge in [0.25, 0.3) is 0 Å². The molecule has 58 valence electrons. The molecule has 2 heterocycles. The first-order chi connectivity index (χ1) is 5.81. The standard InChI is InChI=1S/C7H5N5/c8-2-4-1-5(9)6-7(12-4)11-3-10-6/h1,3H,(H3,9,10,11,12). The maximum absolute atomic E-state index is 8.55. The van der Waals surface area contributed by atoms with Crippen molar-refractivity contribution in [3.63, 3.8) is 0 Å². The van der Waals surface area contributed by atoms with Crippen molar-refractivity contribution in [3.8, 4) is 6.07 Å². The van der Waals surface area contributed by atoms with Gasteiger partial charge in [0, 0.05) is 0 Å². The van der Waals surface area contributed by atoms with Gasteiger partial charge in [-0.25, -0.2) is 9.97 Å². The maximum Gasteiger partial charge on any atom is 0.180 e. The number of nitrogens with one attached hydrogen (secondary N) is 1. The van der Waals surface area contributed by atoms with Crippen molar-refractivity contribution < 1.29 is 0 Å². The van der Waals surface area contributed by atoms with Gasteiger partial charge < -0.3 is 10.7 Å². The predicted molar refractivity (Wildman–Crippen MR) is 43.0 cm³/mol. The summed E-state index contributed by atoms with van der Waals surface area (Å²) in [6.45, 7) is 0. The van der Waals surface area contributed by atoms with Crippen LogP contribution in [0, 0.1) is 11.3 Å². The lowest BCUT2D eigenvalue weighted by Crippen LogP contribution is -1.91. The van der Waals surface area contributed by atoms with E-state index < -0.39 is 0 Å². The van der Waals surface area contributed by atoms with Crippen LogP contribution in [-0.4, -0.2) is 15.0 Å². The molecule has 0 aromatic carbocycles. The zero-order chi connectivity index (χ0) is 8.55. The van der Waals surface area contributed by atoms with Crippen molar-refractivity contribution in [1.82, 2.24) is 15.0 Å². The van der Waals surface area contributed by atoms with Gasteiger partial charge in [-0.1, -0.05) is 0 Å². The fraction of sp³-hybridized carbons (Fsp3) is 0. The molecule has 12 heavy (non-hydrogen) atoms. The number of hydrogen-bond acceptors (Lipinski definition) is 4. The Morgan fingerprint density at radius 1 is 1.58 bits per heavy atom. The number of nitriles is 1. The fourth-order valence-electron chi connectivity index (χ4n) is 1.01. The molecule has 2 rings (SSSR count). The van der Waals surface area contributed by atoms with Gasteiger partial charge in [0.15, 0.2) is 5.65 Å². The second-order valence-electron chi connectivity index (χ2n) is 2.31. The minimum absolute atomic E-state index is 0.284. The van der Waals surface area contributed by atoms with Gasteiger partial charge in [0.2, 0.25) is 0 Å². The number of nitrogen functional groups attached to an aromatic ring is 1. The number of H-pyrrole nitrogens is 1. The fourth-order valence-corrected chi connectivity index (χ4v) is 1.01. The molecule has 0 atom stereocenters. The van der Waals surface area contributed by atoms with E-state index in [-0.39, 0.29) is 5.69 Å². The van der Waals surface area contributed by atoms with E-state index >= 15 is 0 Å². The lowest BCUT2D eigenvalue weighted by molar-refractivity contribution is 1.27. The van der Waals surface area contributed by atoms with Crippen molar-refractivity contribution in [2.24, 2.45) is 0 Å². The van der Waals surface area contributed by atoms with Gasteiger partial charge in [-0.05, 0) is 6.07 Å². The van der Waals surface area contributed by atoms with Crippen molar-refractivity contribution >= 4 is 16.9 Å². The molecule has 2 aromatic heterocycles. The van der Waals surface area contributed by atoms with Crippen LogP contribution < -0.4 is 5.73 Å². The molecule has 0 bridgehead atoms. The largest absolute Gasteiger partial charge is 0.397 e. The SMILES string of the molecule is N#Cc1cc(N)c2[nH]cnc2n1. The minimum Gasteiger partial charge on any atom is -0.397 e. The molecule has 0 aliphatic carbocycles. The molecule has 0 amide bonds. The summed E-state index contributed by atoms with van der Waals surface area (Å²) < 4.78 is 0. The lowest BCUT2D eigenvalue weighted by Gasteiger charge is -1.93. The Bertz CT molecular complexity index is 464. The summed E-state index contributed by atoms with van der Waals surface area (Å²) in [5.41, 5.74) is 7.55. The Morgan fingerprint density at radius 3 is 3.17 bits per heavy atom. The highest BCUT2D eigenvalue weighted by Gasteiger charge is 2.03. The average Bonchev–Trinajstić information content (AvgIpc) is 2.52. The molecular formula is C7H5N5. The average molecular weight is 159 g/mol. The first-order valence-electron chi connectivity index (χ1n) is 3.31. The number of anilines is 1. The number of rotatable bonds is 0. The van der Waals surface area contributed by atoms with Crippen LogP contribution in [0.25, 0.3) is 11.2 Å². The molecule has 0 saturated carbocycles. The van der Waals surface area contributed by atoms with Crippen LogP contribution in [-0.2, 0) is 0 Å². The Labute approximate surface area is 67.9 Å². The highest BCUT2D eigenvalue weighted by molar-refractivity contribution is 5.84. The maximum atomic E-state index is 8.55. The Morgan fingerprint density at radius 2 is 2.42 bits per heavy atom. The van der Waals surface area contributed by atoms with Gasteiger partial charge in [-0.15, -0.1) is 0 Å². The zero-order valence-electron chi connectivity index (χ0n) is 6.07. The topological polar surface area (TPSA) is 91.4 Å². The van der Waals surface area contributed by atoms with Gasteiger partial charge in [-0.2, -0.15) is 5.26 Å². The van der Waals surface area contributed by atoms with E-state index in [2.05, 4.69) is 15.0 Å². The number of aromatic amines is 1. The first kappa shape index (κ1) is 6.61. The van der Waals surface area contributed by atoms with Gasteiger partial charge in [0.1, 0.15) is 17.3 Å². The minimum atomic E-state index is 0.284. The summed E-state index contributed by atoms with van der Waals surface area (Å²) in [6, 6.07) is 3.42. The Hall–Kier alpha value is -2.09. The second kappa shape index (κ2) is 2.20. The highest BCUT2D eigenvalue weighted by Crippen LogP contribution is 2.15. The van der Waals surface area contributed by atoms with Crippen LogP contribution in [0.2, 0.25) is 0 Å². The van der Waals surface area contributed by atoms with E-state index in [4.69, 9.17) is 11.0 Å². The summed E-state index contributed by atoms with van der Waals surface area (Å²) in [7, 11) is 0. The molecule has 0 fully saturated rings. The van der Waals surface area contributed by atoms with Crippen LogP contribution in [0.4, 0.5) is 5.69 Å². The van der Waals surface area contributed by atoms with Crippen molar-refractivity contribution in [2.45, 2.75) is 0 Å². The van der Waals surface area contributed by atoms with E-state index in [1.807, 2.05) is 6.07 Å². The molecule has 2 aromatic rings. The molecular weight excluding hydrogens is 154 g/mol. The number of imidazole rings is 1. The van der Waals surface area contributed by atoms with Gasteiger partial charge in [0.05, 0.1) is 12.0 Å². The molecule has 0 saturated heterocycles. The summed E-state index contributed by atoms with van der Waals surface area (Å²) in [5.74, 6) is 0. The normalized spacial score (nSPS) is 9.92. The van der Waals surface area contributed by atoms with E-state index in [0.29, 0.717) is 16.9 Å². The van der Waals surface area contributed by atoms with Crippen molar-refractivity contribution in [3.05, 3.63) is 18.1 Å². The molecule has 0 radical (unpaired) electrons. The third-order valence-electron chi connectivity index (χ3n) is 1.54. The summed E-state index contributed by atoms with van der Waals surface area (Å²) in [4.78, 5) is 10.7. The summed E-state index contributed by atoms with van der Waals surface area (Å²) in [5, 5.41) is 8.55. The monoisotopic (exact) mass is 159 g/mol. The van der Waals surface area contributed by atoms with Crippen LogP contribution in [0.1, 0.15) is 5.69 Å². The van der Waals surface area contributed by atoms with Crippen LogP contribution in [0.3, 0.4) is 0 Å². The number of pyridine rings is 1. The second-order valence-corrected chi connectivity index (χ2v) is 2.31. The lowest BCUT2D eigenvalue weighted by atomic mass is 10.3. The summed E-state index contributed by atoms with van der Waals surface area (Å²) >= 11 is 0. The van der Waals surface area contributed by atoms with Crippen molar-refractivity contribution in [2.75, 3.05) is 5.73 Å². The third kappa shape index (κ3) is 0.787. The molecule has 0 unspecified atom stereocenters. The molecule has 5 nitrogen and oxygen atoms in total. The Kier molecular flexibility index (Phi) is 1.21. The molecule has 0 spiro atoms. The first-order valence-corrected chi connectivity index (χ1v) is 3.31. The number of nitrogens with two attached hydrogens (primary N) is 1. The van der Waals surface area contributed by atoms with Crippen molar-refractivity contribution in [1.29, 1.82) is 5.26 Å². The van der Waals surface area contributed by atoms with Crippen LogP contribution in [0.5, 0.6) is 0 Å². The van der Waals surface area contributed by atoms with Gasteiger partial charge in [-0.3, -0.25) is 0 Å². The third-order valence-corrected chi connectivity index (χ3v) is 1.54. The van der Waals surface area contributed by atoms with Crippen LogP contribution in [0.15, 0.2) is 12.4 Å². The smallest absolute Gasteiger partial charge is 0.180 e. The Balaban J connectivity index is 2.86. The number of aromatic nitrogens is 3. The molecule has 3 N–H and O–H groups in total. The number of hydrogen-bond donors (Lipinski definition) is 2. The molecule has 0 aliphatic heterocycles.